The van der Waals surface area contributed by atoms with Crippen molar-refractivity contribution in [1.82, 2.24) is 2.71 Å². The fraction of sp³-hybridized carbons (Fsp3) is 1.00. The molecule has 0 aliphatic heterocycles. The van der Waals surface area contributed by atoms with Crippen LogP contribution < -0.4 is 0 Å². The summed E-state index contributed by atoms with van der Waals surface area (Å²) in [6, 6.07) is 0. The van der Waals surface area contributed by atoms with Crippen LogP contribution in [-0.2, 0) is 20.7 Å². The van der Waals surface area contributed by atoms with Gasteiger partial charge in [-0.3, -0.25) is 0 Å². The molecule has 59 valence electrons. The molecule has 1 nitrogen and oxygen atoms in total. The van der Waals surface area contributed by atoms with Crippen molar-refractivity contribution in [1.29, 1.82) is 0 Å². The van der Waals surface area contributed by atoms with Crippen molar-refractivity contribution in [3.05, 3.63) is 0 Å². The van der Waals surface area contributed by atoms with Gasteiger partial charge in [0.15, 0.2) is 0 Å². The fourth-order valence-electron chi connectivity index (χ4n) is 1.01. The topological polar surface area (TPSA) is 3.24 Å². The van der Waals surface area contributed by atoms with Crippen molar-refractivity contribution >= 4 is 16.5 Å². The zero-order valence-corrected chi connectivity index (χ0v) is 11.5. The molecule has 0 amide bonds. The molecule has 0 saturated carbocycles. The van der Waals surface area contributed by atoms with Gasteiger partial charge in [0.25, 0.3) is 0 Å². The van der Waals surface area contributed by atoms with Crippen molar-refractivity contribution in [3.8, 4) is 0 Å². The summed E-state index contributed by atoms with van der Waals surface area (Å²) in [7, 11) is -2.00. The van der Waals surface area contributed by atoms with Crippen LogP contribution in [-0.4, -0.2) is 19.2 Å². The Balaban J connectivity index is 4.23. The van der Waals surface area contributed by atoms with Crippen molar-refractivity contribution in [3.63, 3.8) is 0 Å². The number of hydrogen-bond donors (Lipinski definition) is 0. The second-order valence-corrected chi connectivity index (χ2v) is 16.8. The third-order valence-electron chi connectivity index (χ3n) is 1.34. The average Bonchev–Trinajstić information content (AvgIpc) is 1.59. The first-order valence-corrected chi connectivity index (χ1v) is 11.3. The molecular formula is C6H18NSi2Ti. The maximum atomic E-state index is 2.65. The predicted octanol–water partition coefficient (Wildman–Crippen LogP) is 2.42. The van der Waals surface area contributed by atoms with E-state index in [2.05, 4.69) is 62.7 Å². The molecule has 0 saturated heterocycles. The minimum absolute atomic E-state index is 1.00. The Labute approximate surface area is 79.1 Å². The summed E-state index contributed by atoms with van der Waals surface area (Å²) in [5.74, 6) is 0. The van der Waals surface area contributed by atoms with Crippen LogP contribution in [0.1, 0.15) is 0 Å². The van der Waals surface area contributed by atoms with Crippen LogP contribution >= 0.6 is 0 Å². The number of nitrogens with zero attached hydrogens (tertiary/aromatic N) is 1. The van der Waals surface area contributed by atoms with Crippen LogP contribution in [0.5, 0.6) is 0 Å². The van der Waals surface area contributed by atoms with Crippen molar-refractivity contribution in [2.24, 2.45) is 0 Å². The van der Waals surface area contributed by atoms with Gasteiger partial charge in [0.1, 0.15) is 0 Å². The van der Waals surface area contributed by atoms with Crippen molar-refractivity contribution in [2.45, 2.75) is 39.3 Å². The fourth-order valence-corrected chi connectivity index (χ4v) is 9.06. The molecule has 0 aromatic heterocycles. The third kappa shape index (κ3) is 3.48. The first kappa shape index (κ1) is 11.1. The average molecular weight is 208 g/mol. The molecule has 4 heteroatoms. The van der Waals surface area contributed by atoms with Gasteiger partial charge in [-0.1, -0.05) is 0 Å². The Morgan fingerprint density at radius 3 is 1.00 bits per heavy atom. The summed E-state index contributed by atoms with van der Waals surface area (Å²) < 4.78 is 2.65. The van der Waals surface area contributed by atoms with E-state index in [1.807, 2.05) is 0 Å². The predicted molar refractivity (Wildman–Crippen MR) is 48.5 cm³/mol. The van der Waals surface area contributed by atoms with Gasteiger partial charge in [-0.2, -0.15) is 0 Å². The molecule has 0 unspecified atom stereocenters. The molecule has 0 N–H and O–H groups in total. The molecule has 0 rings (SSSR count). The summed E-state index contributed by atoms with van der Waals surface area (Å²) >= 11 is 2.29. The van der Waals surface area contributed by atoms with Crippen molar-refractivity contribution in [2.75, 3.05) is 0 Å². The van der Waals surface area contributed by atoms with Crippen LogP contribution in [0.3, 0.4) is 0 Å². The monoisotopic (exact) mass is 208 g/mol. The summed E-state index contributed by atoms with van der Waals surface area (Å²) in [6.07, 6.45) is 0. The molecule has 0 aromatic rings. The van der Waals surface area contributed by atoms with E-state index in [4.69, 9.17) is 0 Å². The minimum atomic E-state index is -1.00. The molecule has 0 heterocycles. The van der Waals surface area contributed by atoms with Gasteiger partial charge in [-0.25, -0.2) is 0 Å². The maximum absolute atomic E-state index is 2.65. The van der Waals surface area contributed by atoms with E-state index in [0.29, 0.717) is 0 Å². The van der Waals surface area contributed by atoms with E-state index in [1.54, 1.807) is 0 Å². The second kappa shape index (κ2) is 3.23. The van der Waals surface area contributed by atoms with Crippen LogP contribution in [0.4, 0.5) is 0 Å². The van der Waals surface area contributed by atoms with Gasteiger partial charge in [-0.05, 0) is 0 Å². The standard InChI is InChI=1S/C6H18NSi2.Ti/c1-8(2,3)7-9(4,5)6;/h1-6H3;/q-1;+1. The van der Waals surface area contributed by atoms with Gasteiger partial charge in [-0.15, -0.1) is 0 Å². The number of hydrogen-bond acceptors (Lipinski definition) is 1. The summed E-state index contributed by atoms with van der Waals surface area (Å²) in [5.41, 5.74) is 0. The zero-order chi connectivity index (χ0) is 8.58. The Kier molecular flexibility index (Phi) is 3.59. The first-order chi connectivity index (χ1) is 4.15. The molecule has 0 bridgehead atoms. The van der Waals surface area contributed by atoms with Gasteiger partial charge in [0.2, 0.25) is 0 Å². The molecule has 0 aliphatic rings. The second-order valence-electron chi connectivity index (χ2n) is 4.68. The van der Waals surface area contributed by atoms with Gasteiger partial charge >= 0.3 is 79.2 Å². The molecule has 0 spiro atoms. The third-order valence-corrected chi connectivity index (χ3v) is 14.3. The molecular weight excluding hydrogens is 190 g/mol. The van der Waals surface area contributed by atoms with Crippen LogP contribution in [0.15, 0.2) is 0 Å². The molecule has 0 aliphatic carbocycles. The number of rotatable bonds is 2. The summed E-state index contributed by atoms with van der Waals surface area (Å²) in [6.45, 7) is 14.4. The Morgan fingerprint density at radius 1 is 0.800 bits per heavy atom. The van der Waals surface area contributed by atoms with E-state index >= 15 is 0 Å². The Morgan fingerprint density at radius 2 is 1.00 bits per heavy atom. The van der Waals surface area contributed by atoms with Crippen molar-refractivity contribution < 1.29 is 20.7 Å². The normalized spacial score (nSPS) is 14.2. The van der Waals surface area contributed by atoms with E-state index in [-0.39, 0.29) is 0 Å². The van der Waals surface area contributed by atoms with Crippen LogP contribution in [0.25, 0.3) is 0 Å². The quantitative estimate of drug-likeness (QED) is 0.630. The Bertz CT molecular complexity index is 99.9. The molecule has 0 aromatic carbocycles. The van der Waals surface area contributed by atoms with E-state index in [1.165, 1.54) is 0 Å². The first-order valence-electron chi connectivity index (χ1n) is 3.67. The van der Waals surface area contributed by atoms with Crippen LogP contribution in [0.2, 0.25) is 39.3 Å². The SMILES string of the molecule is C[Si](C)(C)[N]([Ti])[Si](C)(C)C. The van der Waals surface area contributed by atoms with E-state index in [0.717, 1.165) is 0 Å². The summed E-state index contributed by atoms with van der Waals surface area (Å²) in [4.78, 5) is 0. The van der Waals surface area contributed by atoms with Crippen LogP contribution in [0, 0.1) is 0 Å². The summed E-state index contributed by atoms with van der Waals surface area (Å²) in [5, 5.41) is 0. The molecule has 0 radical (unpaired) electrons. The molecule has 0 fully saturated rings. The molecule has 0 atom stereocenters. The van der Waals surface area contributed by atoms with E-state index < -0.39 is 16.5 Å². The molecule has 10 heavy (non-hydrogen) atoms. The Hall–Kier alpha value is 1.11. The van der Waals surface area contributed by atoms with Gasteiger partial charge < -0.3 is 0 Å². The van der Waals surface area contributed by atoms with E-state index in [9.17, 15) is 0 Å². The van der Waals surface area contributed by atoms with Gasteiger partial charge in [0.05, 0.1) is 0 Å². The van der Waals surface area contributed by atoms with Gasteiger partial charge in [0, 0.05) is 0 Å². The zero-order valence-electron chi connectivity index (χ0n) is 7.95.